The first-order valence-electron chi connectivity index (χ1n) is 10.6. The molecule has 12 heteroatoms. The number of hydrogen-bond donors (Lipinski definition) is 4. The van der Waals surface area contributed by atoms with E-state index < -0.39 is 5.97 Å². The number of esters is 1. The summed E-state index contributed by atoms with van der Waals surface area (Å²) in [6, 6.07) is 13.5. The van der Waals surface area contributed by atoms with Crippen molar-refractivity contribution in [2.45, 2.75) is 12.8 Å². The van der Waals surface area contributed by atoms with Gasteiger partial charge in [0.15, 0.2) is 5.96 Å². The predicted octanol–water partition coefficient (Wildman–Crippen LogP) is 1.62. The van der Waals surface area contributed by atoms with Gasteiger partial charge in [0.05, 0.1) is 12.1 Å². The monoisotopic (exact) mass is 524 g/mol. The van der Waals surface area contributed by atoms with E-state index in [9.17, 15) is 14.4 Å². The van der Waals surface area contributed by atoms with Gasteiger partial charge in [-0.3, -0.25) is 19.9 Å². The Morgan fingerprint density at radius 1 is 0.914 bits per heavy atom. The molecule has 1 saturated heterocycles. The summed E-state index contributed by atoms with van der Waals surface area (Å²) in [5.74, 6) is -0.556. The molecule has 35 heavy (non-hydrogen) atoms. The lowest BCUT2D eigenvalue weighted by Gasteiger charge is -2.34. The predicted molar refractivity (Wildman–Crippen MR) is 138 cm³/mol. The van der Waals surface area contributed by atoms with E-state index in [-0.39, 0.29) is 49.1 Å². The number of halogens is 2. The zero-order chi connectivity index (χ0) is 23.8. The van der Waals surface area contributed by atoms with Gasteiger partial charge in [-0.15, -0.1) is 24.8 Å². The molecular weight excluding hydrogens is 495 g/mol. The Balaban J connectivity index is 0.00000306. The van der Waals surface area contributed by atoms with Crippen molar-refractivity contribution in [3.63, 3.8) is 0 Å². The number of anilines is 1. The van der Waals surface area contributed by atoms with Crippen LogP contribution in [0.3, 0.4) is 0 Å². The Hall–Kier alpha value is -3.34. The molecule has 2 amide bonds. The lowest BCUT2D eigenvalue weighted by molar-refractivity contribution is -0.133. The standard InChI is InChI=1S/C23H28N6O4.2ClH/c24-20(30)15-28-11-13-29(14-12-28)21(31)10-3-16-1-8-19(9-2-16)33-22(32)17-4-6-18(7-5-17)27-23(25)26;;/h1-2,4-9H,3,10-15H2,(H2,24,30)(H4,25,26,27);2*1H. The Kier molecular flexibility index (Phi) is 12.0. The van der Waals surface area contributed by atoms with E-state index in [0.29, 0.717) is 56.0 Å². The lowest BCUT2D eigenvalue weighted by atomic mass is 10.1. The minimum atomic E-state index is -0.497. The largest absolute Gasteiger partial charge is 0.423 e. The van der Waals surface area contributed by atoms with Crippen LogP contribution in [-0.2, 0) is 16.0 Å². The summed E-state index contributed by atoms with van der Waals surface area (Å²) in [6.45, 7) is 2.69. The fourth-order valence-corrected chi connectivity index (χ4v) is 3.52. The van der Waals surface area contributed by atoms with Crippen LogP contribution in [0.1, 0.15) is 22.3 Å². The molecule has 0 unspecified atom stereocenters. The number of nitrogens with one attached hydrogen (secondary N) is 2. The van der Waals surface area contributed by atoms with Crippen molar-refractivity contribution in [3.05, 3.63) is 59.7 Å². The van der Waals surface area contributed by atoms with Gasteiger partial charge in [0.2, 0.25) is 11.8 Å². The molecule has 6 N–H and O–H groups in total. The van der Waals surface area contributed by atoms with E-state index in [1.807, 2.05) is 21.9 Å². The van der Waals surface area contributed by atoms with Gasteiger partial charge in [-0.25, -0.2) is 4.79 Å². The normalized spacial score (nSPS) is 13.1. The molecule has 1 aliphatic heterocycles. The fourth-order valence-electron chi connectivity index (χ4n) is 3.52. The number of rotatable bonds is 8. The summed E-state index contributed by atoms with van der Waals surface area (Å²) in [6.07, 6.45) is 0.967. The number of nitrogens with zero attached hydrogens (tertiary/aromatic N) is 2. The first-order valence-corrected chi connectivity index (χ1v) is 10.6. The summed E-state index contributed by atoms with van der Waals surface area (Å²) in [5, 5.41) is 9.85. The van der Waals surface area contributed by atoms with Gasteiger partial charge in [-0.2, -0.15) is 0 Å². The van der Waals surface area contributed by atoms with Crippen LogP contribution in [-0.4, -0.2) is 66.3 Å². The van der Waals surface area contributed by atoms with Crippen LogP contribution in [0.2, 0.25) is 0 Å². The average Bonchev–Trinajstić information content (AvgIpc) is 2.78. The number of piperazine rings is 1. The number of ether oxygens (including phenoxy) is 1. The lowest BCUT2D eigenvalue weighted by Crippen LogP contribution is -2.50. The van der Waals surface area contributed by atoms with Crippen molar-refractivity contribution < 1.29 is 19.1 Å². The summed E-state index contributed by atoms with van der Waals surface area (Å²) in [5.41, 5.74) is 12.4. The maximum Gasteiger partial charge on any atom is 0.343 e. The maximum absolute atomic E-state index is 12.5. The number of aryl methyl sites for hydroxylation is 1. The quantitative estimate of drug-likeness (QED) is 0.177. The van der Waals surface area contributed by atoms with Crippen molar-refractivity contribution in [2.24, 2.45) is 11.5 Å². The third kappa shape index (κ3) is 9.44. The van der Waals surface area contributed by atoms with Crippen molar-refractivity contribution in [1.29, 1.82) is 5.41 Å². The molecule has 0 bridgehead atoms. The molecule has 1 heterocycles. The summed E-state index contributed by atoms with van der Waals surface area (Å²) >= 11 is 0. The van der Waals surface area contributed by atoms with Gasteiger partial charge in [-0.1, -0.05) is 12.1 Å². The first-order chi connectivity index (χ1) is 15.8. The molecule has 0 spiro atoms. The highest BCUT2D eigenvalue weighted by molar-refractivity contribution is 5.93. The topological polar surface area (TPSA) is 155 Å². The van der Waals surface area contributed by atoms with Crippen molar-refractivity contribution in [2.75, 3.05) is 38.0 Å². The summed E-state index contributed by atoms with van der Waals surface area (Å²) in [4.78, 5) is 39.6. The maximum atomic E-state index is 12.5. The summed E-state index contributed by atoms with van der Waals surface area (Å²) in [7, 11) is 0. The Morgan fingerprint density at radius 2 is 1.51 bits per heavy atom. The zero-order valence-corrected chi connectivity index (χ0v) is 20.7. The van der Waals surface area contributed by atoms with Crippen LogP contribution >= 0.6 is 24.8 Å². The van der Waals surface area contributed by atoms with E-state index in [4.69, 9.17) is 21.6 Å². The van der Waals surface area contributed by atoms with Gasteiger partial charge in [-0.05, 0) is 48.4 Å². The van der Waals surface area contributed by atoms with E-state index in [2.05, 4.69) is 5.32 Å². The van der Waals surface area contributed by atoms with Crippen LogP contribution in [0.4, 0.5) is 5.69 Å². The summed E-state index contributed by atoms with van der Waals surface area (Å²) < 4.78 is 5.40. The van der Waals surface area contributed by atoms with Gasteiger partial charge in [0.1, 0.15) is 5.75 Å². The van der Waals surface area contributed by atoms with Crippen LogP contribution in [0.15, 0.2) is 48.5 Å². The molecule has 3 rings (SSSR count). The molecule has 10 nitrogen and oxygen atoms in total. The van der Waals surface area contributed by atoms with Gasteiger partial charge in [0, 0.05) is 38.3 Å². The van der Waals surface area contributed by atoms with Gasteiger partial charge >= 0.3 is 5.97 Å². The molecule has 2 aromatic rings. The molecule has 0 atom stereocenters. The van der Waals surface area contributed by atoms with E-state index in [1.54, 1.807) is 36.4 Å². The molecular formula is C23H30Cl2N6O4. The second-order valence-corrected chi connectivity index (χ2v) is 7.77. The number of primary amides is 1. The molecule has 190 valence electrons. The molecule has 0 radical (unpaired) electrons. The van der Waals surface area contributed by atoms with Gasteiger partial charge in [0.25, 0.3) is 0 Å². The average molecular weight is 525 g/mol. The van der Waals surface area contributed by atoms with E-state index >= 15 is 0 Å². The number of guanidine groups is 1. The number of benzene rings is 2. The van der Waals surface area contributed by atoms with Crippen molar-refractivity contribution in [3.8, 4) is 5.75 Å². The Bertz CT molecular complexity index is 1010. The van der Waals surface area contributed by atoms with Crippen LogP contribution in [0, 0.1) is 5.41 Å². The highest BCUT2D eigenvalue weighted by Gasteiger charge is 2.21. The molecule has 2 aromatic carbocycles. The minimum absolute atomic E-state index is 0. The van der Waals surface area contributed by atoms with Crippen LogP contribution in [0.25, 0.3) is 0 Å². The number of carbonyl (C=O) groups is 3. The van der Waals surface area contributed by atoms with Crippen LogP contribution < -0.4 is 21.5 Å². The SMILES string of the molecule is Cl.Cl.N=C(N)Nc1ccc(C(=O)Oc2ccc(CCC(=O)N3CCN(CC(N)=O)CC3)cc2)cc1. The third-order valence-corrected chi connectivity index (χ3v) is 5.27. The molecule has 1 aliphatic rings. The second kappa shape index (κ2) is 14.1. The molecule has 0 aromatic heterocycles. The van der Waals surface area contributed by atoms with Gasteiger partial charge < -0.3 is 26.4 Å². The van der Waals surface area contributed by atoms with E-state index in [0.717, 1.165) is 5.56 Å². The number of carbonyl (C=O) groups excluding carboxylic acids is 3. The first kappa shape index (κ1) is 29.7. The Morgan fingerprint density at radius 3 is 2.06 bits per heavy atom. The number of hydrogen-bond acceptors (Lipinski definition) is 6. The molecule has 0 saturated carbocycles. The minimum Gasteiger partial charge on any atom is -0.423 e. The van der Waals surface area contributed by atoms with Crippen molar-refractivity contribution in [1.82, 2.24) is 9.80 Å². The third-order valence-electron chi connectivity index (χ3n) is 5.27. The Labute approximate surface area is 216 Å². The van der Waals surface area contributed by atoms with E-state index in [1.165, 1.54) is 0 Å². The molecule has 0 aliphatic carbocycles. The smallest absolute Gasteiger partial charge is 0.343 e. The van der Waals surface area contributed by atoms with Crippen LogP contribution in [0.5, 0.6) is 5.75 Å². The number of nitrogens with two attached hydrogens (primary N) is 2. The second-order valence-electron chi connectivity index (χ2n) is 7.77. The zero-order valence-electron chi connectivity index (χ0n) is 19.1. The molecule has 1 fully saturated rings. The van der Waals surface area contributed by atoms with Crippen molar-refractivity contribution >= 4 is 54.2 Å². The highest BCUT2D eigenvalue weighted by Crippen LogP contribution is 2.17. The number of amides is 2. The highest BCUT2D eigenvalue weighted by atomic mass is 35.5. The fraction of sp³-hybridized carbons (Fsp3) is 0.304.